The summed E-state index contributed by atoms with van der Waals surface area (Å²) in [6.45, 7) is 0.570. The molecule has 80 valence electrons. The molecule has 0 unspecified atom stereocenters. The Balaban J connectivity index is 2.56. The van der Waals surface area contributed by atoms with Gasteiger partial charge in [0.1, 0.15) is 6.23 Å². The third-order valence-electron chi connectivity index (χ3n) is 2.16. The van der Waals surface area contributed by atoms with Crippen molar-refractivity contribution in [3.8, 4) is 18.4 Å². The fraction of sp³-hybridized carbons (Fsp3) is 0.545. The average Bonchev–Trinajstić information content (AvgIpc) is 2.22. The van der Waals surface area contributed by atoms with E-state index in [1.807, 2.05) is 18.1 Å². The van der Waals surface area contributed by atoms with E-state index in [2.05, 4.69) is 34.6 Å². The Morgan fingerprint density at radius 2 is 2.53 bits per heavy atom. The molecule has 2 atom stereocenters. The highest BCUT2D eigenvalue weighted by Crippen LogP contribution is 2.26. The molecule has 0 fully saturated rings. The van der Waals surface area contributed by atoms with Crippen molar-refractivity contribution >= 4 is 22.6 Å². The highest BCUT2D eigenvalue weighted by atomic mass is 127. The van der Waals surface area contributed by atoms with Crippen molar-refractivity contribution in [2.45, 2.75) is 23.0 Å². The minimum atomic E-state index is 0.0241. The number of ether oxygens (including phenoxy) is 1. The second-order valence-corrected chi connectivity index (χ2v) is 4.97. The van der Waals surface area contributed by atoms with Crippen molar-refractivity contribution in [3.63, 3.8) is 0 Å². The Morgan fingerprint density at radius 3 is 3.07 bits per heavy atom. The van der Waals surface area contributed by atoms with Crippen LogP contribution in [0.15, 0.2) is 11.8 Å². The van der Waals surface area contributed by atoms with Crippen LogP contribution in [-0.2, 0) is 4.74 Å². The van der Waals surface area contributed by atoms with Gasteiger partial charge in [-0.15, -0.1) is 12.3 Å². The maximum Gasteiger partial charge on any atom is 0.141 e. The standard InChI is InChI=1S/C11H13IN2O/c1-3-4-5-15-11-10(12)6-9(7-13)8-14(11)2/h1,8,10-11H,4-6H2,2H3/t10-,11+/m0/s1. The monoisotopic (exact) mass is 316 g/mol. The normalized spacial score (nSPS) is 25.3. The van der Waals surface area contributed by atoms with Crippen LogP contribution >= 0.6 is 22.6 Å². The number of hydrogen-bond acceptors (Lipinski definition) is 3. The number of nitrogens with zero attached hydrogens (tertiary/aromatic N) is 2. The first-order chi connectivity index (χ1) is 7.19. The number of halogens is 1. The zero-order chi connectivity index (χ0) is 11.3. The Hall–Kier alpha value is -0.720. The van der Waals surface area contributed by atoms with Crippen LogP contribution in [0.5, 0.6) is 0 Å². The molecule has 1 heterocycles. The van der Waals surface area contributed by atoms with Gasteiger partial charge in [-0.2, -0.15) is 5.26 Å². The molecule has 0 saturated carbocycles. The third kappa shape index (κ3) is 3.40. The first kappa shape index (κ1) is 12.4. The van der Waals surface area contributed by atoms with Gasteiger partial charge in [0.2, 0.25) is 0 Å². The van der Waals surface area contributed by atoms with Crippen molar-refractivity contribution in [2.75, 3.05) is 13.7 Å². The van der Waals surface area contributed by atoms with Gasteiger partial charge in [-0.1, -0.05) is 22.6 Å². The van der Waals surface area contributed by atoms with Gasteiger partial charge in [-0.3, -0.25) is 0 Å². The summed E-state index contributed by atoms with van der Waals surface area (Å²) in [4.78, 5) is 1.94. The van der Waals surface area contributed by atoms with Gasteiger partial charge in [0.15, 0.2) is 0 Å². The Morgan fingerprint density at radius 1 is 1.80 bits per heavy atom. The van der Waals surface area contributed by atoms with E-state index in [1.165, 1.54) is 0 Å². The van der Waals surface area contributed by atoms with Gasteiger partial charge in [-0.05, 0) is 6.42 Å². The van der Waals surface area contributed by atoms with Crippen LogP contribution in [0.1, 0.15) is 12.8 Å². The SMILES string of the molecule is C#CCCO[C@@H]1[C@@H](I)CC(C#N)=CN1C. The summed E-state index contributed by atoms with van der Waals surface area (Å²) in [6, 6.07) is 2.18. The van der Waals surface area contributed by atoms with E-state index in [4.69, 9.17) is 16.4 Å². The molecular weight excluding hydrogens is 303 g/mol. The zero-order valence-corrected chi connectivity index (χ0v) is 10.8. The minimum absolute atomic E-state index is 0.0241. The molecular formula is C11H13IN2O. The van der Waals surface area contributed by atoms with E-state index >= 15 is 0 Å². The van der Waals surface area contributed by atoms with Gasteiger partial charge >= 0.3 is 0 Å². The maximum absolute atomic E-state index is 8.81. The Labute approximate surface area is 104 Å². The summed E-state index contributed by atoms with van der Waals surface area (Å²) >= 11 is 2.31. The molecule has 0 bridgehead atoms. The number of rotatable bonds is 3. The van der Waals surface area contributed by atoms with Crippen LogP contribution in [0.2, 0.25) is 0 Å². The van der Waals surface area contributed by atoms with Gasteiger partial charge in [-0.25, -0.2) is 0 Å². The zero-order valence-electron chi connectivity index (χ0n) is 8.61. The largest absolute Gasteiger partial charge is 0.356 e. The second kappa shape index (κ2) is 5.99. The number of allylic oxidation sites excluding steroid dienone is 1. The van der Waals surface area contributed by atoms with Crippen LogP contribution in [0, 0.1) is 23.7 Å². The second-order valence-electron chi connectivity index (χ2n) is 3.37. The molecule has 0 spiro atoms. The van der Waals surface area contributed by atoms with Crippen LogP contribution in [0.25, 0.3) is 0 Å². The molecule has 0 N–H and O–H groups in total. The van der Waals surface area contributed by atoms with E-state index in [0.29, 0.717) is 17.0 Å². The lowest BCUT2D eigenvalue weighted by atomic mass is 10.1. The van der Waals surface area contributed by atoms with E-state index in [1.54, 1.807) is 0 Å². The van der Waals surface area contributed by atoms with Gasteiger partial charge in [0.25, 0.3) is 0 Å². The molecule has 0 aromatic carbocycles. The first-order valence-corrected chi connectivity index (χ1v) is 5.95. The number of alkyl halides is 1. The first-order valence-electron chi connectivity index (χ1n) is 4.71. The lowest BCUT2D eigenvalue weighted by Crippen LogP contribution is -2.41. The molecule has 0 aromatic heterocycles. The summed E-state index contributed by atoms with van der Waals surface area (Å²) in [6.07, 6.45) is 8.42. The molecule has 1 aliphatic heterocycles. The summed E-state index contributed by atoms with van der Waals surface area (Å²) in [5, 5.41) is 8.81. The summed E-state index contributed by atoms with van der Waals surface area (Å²) in [7, 11) is 1.92. The Bertz CT molecular complexity index is 326. The molecule has 1 rings (SSSR count). The lowest BCUT2D eigenvalue weighted by molar-refractivity contribution is -0.0258. The summed E-state index contributed by atoms with van der Waals surface area (Å²) in [5.41, 5.74) is 0.800. The fourth-order valence-corrected chi connectivity index (χ4v) is 2.66. The van der Waals surface area contributed by atoms with Gasteiger partial charge in [0, 0.05) is 25.2 Å². The molecule has 0 amide bonds. The van der Waals surface area contributed by atoms with E-state index in [-0.39, 0.29) is 6.23 Å². The molecule has 0 saturated heterocycles. The third-order valence-corrected chi connectivity index (χ3v) is 3.22. The lowest BCUT2D eigenvalue weighted by Gasteiger charge is -2.34. The fourth-order valence-electron chi connectivity index (χ4n) is 1.47. The smallest absolute Gasteiger partial charge is 0.141 e. The van der Waals surface area contributed by atoms with Crippen LogP contribution < -0.4 is 0 Å². The summed E-state index contributed by atoms with van der Waals surface area (Å²) in [5.74, 6) is 2.54. The van der Waals surface area contributed by atoms with Crippen LogP contribution in [0.4, 0.5) is 0 Å². The highest BCUT2D eigenvalue weighted by molar-refractivity contribution is 14.1. The molecule has 1 aliphatic rings. The molecule has 4 heteroatoms. The molecule has 3 nitrogen and oxygen atoms in total. The summed E-state index contributed by atoms with van der Waals surface area (Å²) < 4.78 is 5.96. The van der Waals surface area contributed by atoms with Crippen molar-refractivity contribution in [1.29, 1.82) is 5.26 Å². The van der Waals surface area contributed by atoms with E-state index < -0.39 is 0 Å². The predicted molar refractivity (Wildman–Crippen MR) is 67.1 cm³/mol. The topological polar surface area (TPSA) is 36.3 Å². The molecule has 0 aromatic rings. The highest BCUT2D eigenvalue weighted by Gasteiger charge is 2.27. The molecule has 0 aliphatic carbocycles. The maximum atomic E-state index is 8.81. The van der Waals surface area contributed by atoms with Crippen molar-refractivity contribution < 1.29 is 4.74 Å². The van der Waals surface area contributed by atoms with E-state index in [0.717, 1.165) is 12.0 Å². The number of nitriles is 1. The number of hydrogen-bond donors (Lipinski definition) is 0. The van der Waals surface area contributed by atoms with Crippen LogP contribution in [0.3, 0.4) is 0 Å². The van der Waals surface area contributed by atoms with E-state index in [9.17, 15) is 0 Å². The molecule has 15 heavy (non-hydrogen) atoms. The van der Waals surface area contributed by atoms with Gasteiger partial charge < -0.3 is 9.64 Å². The predicted octanol–water partition coefficient (Wildman–Crippen LogP) is 1.90. The molecule has 0 radical (unpaired) electrons. The Kier molecular flexibility index (Phi) is 4.93. The average molecular weight is 316 g/mol. The van der Waals surface area contributed by atoms with Crippen molar-refractivity contribution in [3.05, 3.63) is 11.8 Å². The van der Waals surface area contributed by atoms with Crippen molar-refractivity contribution in [1.82, 2.24) is 4.90 Å². The van der Waals surface area contributed by atoms with Gasteiger partial charge in [0.05, 0.1) is 16.6 Å². The minimum Gasteiger partial charge on any atom is -0.356 e. The number of terminal acetylenes is 1. The van der Waals surface area contributed by atoms with Crippen molar-refractivity contribution in [2.24, 2.45) is 0 Å². The van der Waals surface area contributed by atoms with Crippen LogP contribution in [-0.4, -0.2) is 28.7 Å². The quantitative estimate of drug-likeness (QED) is 0.345.